The van der Waals surface area contributed by atoms with Crippen molar-refractivity contribution >= 4 is 5.69 Å². The van der Waals surface area contributed by atoms with Crippen LogP contribution >= 0.6 is 0 Å². The van der Waals surface area contributed by atoms with Crippen LogP contribution in [0.5, 0.6) is 5.75 Å². The molecule has 0 bridgehead atoms. The van der Waals surface area contributed by atoms with Gasteiger partial charge >= 0.3 is 0 Å². The van der Waals surface area contributed by atoms with Crippen molar-refractivity contribution in [2.45, 2.75) is 83.3 Å². The molecule has 1 aliphatic heterocycles. The minimum atomic E-state index is -0.525. The van der Waals surface area contributed by atoms with Crippen LogP contribution in [0, 0.1) is 4.91 Å². The van der Waals surface area contributed by atoms with Gasteiger partial charge in [-0.05, 0) is 69.3 Å². The highest BCUT2D eigenvalue weighted by Gasteiger charge is 2.55. The van der Waals surface area contributed by atoms with Gasteiger partial charge in [0.25, 0.3) is 0 Å². The maximum absolute atomic E-state index is 11.6. The van der Waals surface area contributed by atoms with E-state index in [9.17, 15) is 4.91 Å². The molecule has 0 saturated heterocycles. The van der Waals surface area contributed by atoms with Crippen LogP contribution in [0.2, 0.25) is 0 Å². The number of ether oxygens (including phenoxy) is 1. The Bertz CT molecular complexity index is 708. The standard InChI is InChI=1S/C21H30N2O2/c1-5-6-7-8-15-12-17(23-24)19-16-11-14(2)9-10-21(16,22)20(3,4)25-18(19)13-15/h11-13,16H,5-10,22H2,1-4H3. The minimum Gasteiger partial charge on any atom is -0.486 e. The highest BCUT2D eigenvalue weighted by molar-refractivity contribution is 5.62. The molecule has 1 aromatic carbocycles. The van der Waals surface area contributed by atoms with E-state index in [4.69, 9.17) is 10.5 Å². The van der Waals surface area contributed by atoms with E-state index < -0.39 is 11.1 Å². The number of fused-ring (bicyclic) bond motifs is 3. The van der Waals surface area contributed by atoms with Gasteiger partial charge in [-0.2, -0.15) is 0 Å². The van der Waals surface area contributed by atoms with Crippen molar-refractivity contribution in [3.8, 4) is 5.75 Å². The van der Waals surface area contributed by atoms with E-state index in [0.29, 0.717) is 5.69 Å². The molecule has 0 saturated carbocycles. The fourth-order valence-corrected chi connectivity index (χ4v) is 4.33. The van der Waals surface area contributed by atoms with Crippen molar-refractivity contribution in [3.05, 3.63) is 39.8 Å². The molecule has 25 heavy (non-hydrogen) atoms. The average molecular weight is 342 g/mol. The molecule has 4 nitrogen and oxygen atoms in total. The molecule has 136 valence electrons. The van der Waals surface area contributed by atoms with Crippen LogP contribution in [0.4, 0.5) is 5.69 Å². The lowest BCUT2D eigenvalue weighted by Gasteiger charge is -2.54. The maximum atomic E-state index is 11.6. The molecular formula is C21H30N2O2. The fraction of sp³-hybridized carbons (Fsp3) is 0.619. The van der Waals surface area contributed by atoms with Crippen molar-refractivity contribution in [2.75, 3.05) is 0 Å². The van der Waals surface area contributed by atoms with E-state index in [1.54, 1.807) is 0 Å². The summed E-state index contributed by atoms with van der Waals surface area (Å²) in [4.78, 5) is 11.6. The number of hydrogen-bond donors (Lipinski definition) is 1. The lowest BCUT2D eigenvalue weighted by molar-refractivity contribution is -0.0102. The summed E-state index contributed by atoms with van der Waals surface area (Å²) < 4.78 is 6.36. The molecule has 3 rings (SSSR count). The molecule has 0 aromatic heterocycles. The monoisotopic (exact) mass is 342 g/mol. The number of aryl methyl sites for hydroxylation is 1. The number of benzene rings is 1. The fourth-order valence-electron chi connectivity index (χ4n) is 4.33. The Hall–Kier alpha value is -1.68. The van der Waals surface area contributed by atoms with E-state index in [1.807, 2.05) is 6.07 Å². The van der Waals surface area contributed by atoms with Gasteiger partial charge in [0.05, 0.1) is 5.54 Å². The topological polar surface area (TPSA) is 64.7 Å². The second kappa shape index (κ2) is 6.56. The smallest absolute Gasteiger partial charge is 0.126 e. The third kappa shape index (κ3) is 3.01. The largest absolute Gasteiger partial charge is 0.486 e. The van der Waals surface area contributed by atoms with Crippen LogP contribution in [0.15, 0.2) is 29.0 Å². The van der Waals surface area contributed by atoms with Crippen LogP contribution in [0.3, 0.4) is 0 Å². The van der Waals surface area contributed by atoms with Crippen LogP contribution in [0.25, 0.3) is 0 Å². The Labute approximate surface area is 150 Å². The Morgan fingerprint density at radius 1 is 1.32 bits per heavy atom. The third-order valence-electron chi connectivity index (χ3n) is 6.08. The van der Waals surface area contributed by atoms with Gasteiger partial charge in [0.2, 0.25) is 0 Å². The van der Waals surface area contributed by atoms with Crippen molar-refractivity contribution < 1.29 is 4.74 Å². The summed E-state index contributed by atoms with van der Waals surface area (Å²) in [6.07, 6.45) is 8.45. The summed E-state index contributed by atoms with van der Waals surface area (Å²) in [7, 11) is 0. The first kappa shape index (κ1) is 18.1. The highest BCUT2D eigenvalue weighted by Crippen LogP contribution is 2.54. The average Bonchev–Trinajstić information content (AvgIpc) is 2.56. The van der Waals surface area contributed by atoms with E-state index in [-0.39, 0.29) is 5.92 Å². The van der Waals surface area contributed by atoms with Crippen molar-refractivity contribution in [1.29, 1.82) is 0 Å². The van der Waals surface area contributed by atoms with E-state index in [2.05, 4.69) is 45.0 Å². The summed E-state index contributed by atoms with van der Waals surface area (Å²) in [6.45, 7) is 8.45. The number of hydrogen-bond acceptors (Lipinski definition) is 4. The summed E-state index contributed by atoms with van der Waals surface area (Å²) >= 11 is 0. The molecule has 0 amide bonds. The molecule has 1 aromatic rings. The molecule has 2 atom stereocenters. The van der Waals surface area contributed by atoms with Gasteiger partial charge in [-0.1, -0.05) is 31.4 Å². The number of allylic oxidation sites excluding steroid dienone is 1. The van der Waals surface area contributed by atoms with Gasteiger partial charge in [0, 0.05) is 11.5 Å². The number of nitrogens with zero attached hydrogens (tertiary/aromatic N) is 1. The van der Waals surface area contributed by atoms with E-state index in [1.165, 1.54) is 18.4 Å². The van der Waals surface area contributed by atoms with Crippen molar-refractivity contribution in [1.82, 2.24) is 0 Å². The lowest BCUT2D eigenvalue weighted by atomic mass is 9.62. The Morgan fingerprint density at radius 2 is 2.08 bits per heavy atom. The van der Waals surface area contributed by atoms with Gasteiger partial charge in [-0.25, -0.2) is 0 Å². The van der Waals surface area contributed by atoms with Gasteiger partial charge in [-0.3, -0.25) is 0 Å². The quantitative estimate of drug-likeness (QED) is 0.436. The number of nitrogens with two attached hydrogens (primary N) is 1. The predicted molar refractivity (Wildman–Crippen MR) is 102 cm³/mol. The van der Waals surface area contributed by atoms with Crippen LogP contribution in [-0.2, 0) is 6.42 Å². The molecule has 0 radical (unpaired) electrons. The molecule has 1 aliphatic carbocycles. The Balaban J connectivity index is 2.11. The van der Waals surface area contributed by atoms with Crippen LogP contribution in [-0.4, -0.2) is 11.1 Å². The molecule has 2 N–H and O–H groups in total. The van der Waals surface area contributed by atoms with Gasteiger partial charge in [0.15, 0.2) is 0 Å². The van der Waals surface area contributed by atoms with E-state index in [0.717, 1.165) is 42.6 Å². The maximum Gasteiger partial charge on any atom is 0.126 e. The Morgan fingerprint density at radius 3 is 2.76 bits per heavy atom. The molecule has 2 aliphatic rings. The van der Waals surface area contributed by atoms with E-state index >= 15 is 0 Å². The minimum absolute atomic E-state index is 0.0302. The number of unbranched alkanes of at least 4 members (excludes halogenated alkanes) is 2. The highest BCUT2D eigenvalue weighted by atomic mass is 16.5. The summed E-state index contributed by atoms with van der Waals surface area (Å²) in [6, 6.07) is 4.03. The van der Waals surface area contributed by atoms with Gasteiger partial charge in [0.1, 0.15) is 17.0 Å². The summed E-state index contributed by atoms with van der Waals surface area (Å²) in [5, 5.41) is 3.35. The zero-order valence-corrected chi connectivity index (χ0v) is 15.9. The normalized spacial score (nSPS) is 26.9. The third-order valence-corrected chi connectivity index (χ3v) is 6.08. The summed E-state index contributed by atoms with van der Waals surface area (Å²) in [5.41, 5.74) is 9.65. The zero-order chi connectivity index (χ0) is 18.2. The van der Waals surface area contributed by atoms with Crippen molar-refractivity contribution in [2.24, 2.45) is 10.9 Å². The molecule has 2 unspecified atom stereocenters. The van der Waals surface area contributed by atoms with Crippen LogP contribution in [0.1, 0.15) is 76.8 Å². The number of nitroso groups, excluding NO2 is 1. The lowest BCUT2D eigenvalue weighted by Crippen LogP contribution is -2.66. The molecule has 1 heterocycles. The second-order valence-corrected chi connectivity index (χ2v) is 8.22. The van der Waals surface area contributed by atoms with Crippen LogP contribution < -0.4 is 10.5 Å². The Kier molecular flexibility index (Phi) is 4.76. The first-order chi connectivity index (χ1) is 11.8. The second-order valence-electron chi connectivity index (χ2n) is 8.22. The first-order valence-electron chi connectivity index (χ1n) is 9.47. The summed E-state index contributed by atoms with van der Waals surface area (Å²) in [5.74, 6) is 0.753. The van der Waals surface area contributed by atoms with Gasteiger partial charge in [-0.15, -0.1) is 4.91 Å². The predicted octanol–water partition coefficient (Wildman–Crippen LogP) is 5.51. The molecular weight excluding hydrogens is 312 g/mol. The van der Waals surface area contributed by atoms with Gasteiger partial charge < -0.3 is 10.5 Å². The van der Waals surface area contributed by atoms with Crippen molar-refractivity contribution in [3.63, 3.8) is 0 Å². The zero-order valence-electron chi connectivity index (χ0n) is 15.9. The first-order valence-corrected chi connectivity index (χ1v) is 9.47. The number of rotatable bonds is 5. The molecule has 0 spiro atoms. The SMILES string of the molecule is CCCCCc1cc(N=O)c2c(c1)OC(C)(C)C1(N)CCC(C)=CC21. The molecule has 0 fully saturated rings. The molecule has 4 heteroatoms.